The summed E-state index contributed by atoms with van der Waals surface area (Å²) in [5, 5.41) is 3.89. The predicted molar refractivity (Wildman–Crippen MR) is 139 cm³/mol. The lowest BCUT2D eigenvalue weighted by Crippen LogP contribution is -2.34. The summed E-state index contributed by atoms with van der Waals surface area (Å²) in [6.45, 7) is 0.993. The number of carbonyl (C=O) groups is 1. The number of nitrogens with one attached hydrogen (secondary N) is 1. The summed E-state index contributed by atoms with van der Waals surface area (Å²) in [7, 11) is 0. The van der Waals surface area contributed by atoms with Gasteiger partial charge in [-0.1, -0.05) is 48.4 Å². The number of hydrogen-bond donors (Lipinski definition) is 2. The van der Waals surface area contributed by atoms with Crippen molar-refractivity contribution < 1.29 is 18.3 Å². The van der Waals surface area contributed by atoms with Crippen molar-refractivity contribution in [2.45, 2.75) is 32.4 Å². The van der Waals surface area contributed by atoms with E-state index in [1.807, 2.05) is 36.4 Å². The first-order valence-electron chi connectivity index (χ1n) is 12.2. The molecule has 0 spiro atoms. The zero-order valence-corrected chi connectivity index (χ0v) is 20.6. The molecule has 0 radical (unpaired) electrons. The monoisotopic (exact) mass is 506 g/mol. The minimum absolute atomic E-state index is 0.0533. The zero-order valence-electron chi connectivity index (χ0n) is 19.8. The van der Waals surface area contributed by atoms with E-state index in [-0.39, 0.29) is 29.3 Å². The van der Waals surface area contributed by atoms with Crippen LogP contribution in [0.25, 0.3) is 22.1 Å². The van der Waals surface area contributed by atoms with Crippen molar-refractivity contribution in [1.29, 1.82) is 0 Å². The molecular formula is C29H28ClFN2O3. The number of halogens is 2. The number of benzene rings is 3. The lowest BCUT2D eigenvalue weighted by atomic mass is 9.95. The summed E-state index contributed by atoms with van der Waals surface area (Å²) in [6.07, 6.45) is 4.32. The third-order valence-corrected chi connectivity index (χ3v) is 7.23. The van der Waals surface area contributed by atoms with Gasteiger partial charge >= 0.3 is 0 Å². The molecule has 1 aromatic heterocycles. The highest BCUT2D eigenvalue weighted by molar-refractivity contribution is 6.30. The fourth-order valence-electron chi connectivity index (χ4n) is 5.00. The van der Waals surface area contributed by atoms with Gasteiger partial charge in [-0.3, -0.25) is 4.79 Å². The molecule has 0 aliphatic heterocycles. The van der Waals surface area contributed by atoms with E-state index in [2.05, 4.69) is 11.4 Å². The smallest absolute Gasteiger partial charge is 0.223 e. The second-order valence-corrected chi connectivity index (χ2v) is 9.66. The van der Waals surface area contributed by atoms with Crippen LogP contribution in [0.15, 0.2) is 71.3 Å². The Kier molecular flexibility index (Phi) is 7.25. The fourth-order valence-corrected chi connectivity index (χ4v) is 5.20. The quantitative estimate of drug-likeness (QED) is 0.287. The first-order chi connectivity index (χ1) is 17.5. The molecule has 0 saturated heterocycles. The lowest BCUT2D eigenvalue weighted by molar-refractivity contribution is -0.126. The van der Waals surface area contributed by atoms with Crippen molar-refractivity contribution >= 4 is 28.5 Å². The van der Waals surface area contributed by atoms with Gasteiger partial charge in [0, 0.05) is 41.4 Å². The van der Waals surface area contributed by atoms with Crippen LogP contribution in [0.5, 0.6) is 5.75 Å². The van der Waals surface area contributed by atoms with Crippen molar-refractivity contribution in [2.24, 2.45) is 17.6 Å². The van der Waals surface area contributed by atoms with Gasteiger partial charge in [0.15, 0.2) is 0 Å². The average molecular weight is 507 g/mol. The average Bonchev–Trinajstić information content (AvgIpc) is 3.57. The number of fused-ring (bicyclic) bond motifs is 1. The summed E-state index contributed by atoms with van der Waals surface area (Å²) in [4.78, 5) is 12.9. The van der Waals surface area contributed by atoms with E-state index < -0.39 is 5.82 Å². The molecule has 1 heterocycles. The van der Waals surface area contributed by atoms with Crippen LogP contribution in [-0.2, 0) is 17.9 Å². The third kappa shape index (κ3) is 5.11. The van der Waals surface area contributed by atoms with Gasteiger partial charge in [0.25, 0.3) is 0 Å². The molecule has 4 aromatic rings. The molecule has 3 aromatic carbocycles. The highest BCUT2D eigenvalue weighted by Gasteiger charge is 2.33. The largest absolute Gasteiger partial charge is 0.493 e. The molecule has 36 heavy (non-hydrogen) atoms. The summed E-state index contributed by atoms with van der Waals surface area (Å²) >= 11 is 5.86. The number of amides is 1. The van der Waals surface area contributed by atoms with E-state index in [0.717, 1.165) is 52.7 Å². The van der Waals surface area contributed by atoms with E-state index in [0.29, 0.717) is 18.7 Å². The predicted octanol–water partition coefficient (Wildman–Crippen LogP) is 6.46. The topological polar surface area (TPSA) is 77.5 Å². The molecule has 2 atom stereocenters. The minimum atomic E-state index is -0.492. The van der Waals surface area contributed by atoms with Gasteiger partial charge in [0.1, 0.15) is 17.1 Å². The molecule has 0 bridgehead atoms. The standard InChI is InChI=1S/C29H28ClFN2O3/c30-26-9-3-6-21(27(26)31)16-33-29(34)24-8-2-7-22(24)17-36-23-13-20-10-11-35-28(20)25(14-23)19-5-1-4-18(12-19)15-32/h1,3-6,9-14,22,24H,2,7-8,15-17,32H2,(H,33,34)/t22-,24+/m0/s1. The van der Waals surface area contributed by atoms with Crippen LogP contribution in [0.1, 0.15) is 30.4 Å². The Hall–Kier alpha value is -3.35. The SMILES string of the molecule is NCc1cccc(-c2cc(OC[C@@H]3CCC[C@H]3C(=O)NCc3cccc(Cl)c3F)cc3ccoc23)c1. The molecule has 1 fully saturated rings. The molecule has 1 saturated carbocycles. The van der Waals surface area contributed by atoms with Gasteiger partial charge < -0.3 is 20.2 Å². The van der Waals surface area contributed by atoms with Gasteiger partial charge in [-0.05, 0) is 54.3 Å². The Morgan fingerprint density at radius 1 is 1.14 bits per heavy atom. The Morgan fingerprint density at radius 3 is 2.86 bits per heavy atom. The summed E-state index contributed by atoms with van der Waals surface area (Å²) in [5.74, 6) is 0.0613. The van der Waals surface area contributed by atoms with Gasteiger partial charge in [-0.2, -0.15) is 0 Å². The van der Waals surface area contributed by atoms with Crippen molar-refractivity contribution in [3.05, 3.63) is 88.9 Å². The molecule has 1 amide bonds. The van der Waals surface area contributed by atoms with Gasteiger partial charge in [-0.15, -0.1) is 0 Å². The van der Waals surface area contributed by atoms with Gasteiger partial charge in [0.2, 0.25) is 5.91 Å². The summed E-state index contributed by atoms with van der Waals surface area (Å²) < 4.78 is 26.2. The van der Waals surface area contributed by atoms with Crippen LogP contribution in [0.3, 0.4) is 0 Å². The van der Waals surface area contributed by atoms with Crippen LogP contribution < -0.4 is 15.8 Å². The number of carbonyl (C=O) groups excluding carboxylic acids is 1. The maximum atomic E-state index is 14.2. The van der Waals surface area contributed by atoms with Gasteiger partial charge in [-0.25, -0.2) is 4.39 Å². The Bertz CT molecular complexity index is 1390. The highest BCUT2D eigenvalue weighted by atomic mass is 35.5. The van der Waals surface area contributed by atoms with Crippen molar-refractivity contribution in [2.75, 3.05) is 6.61 Å². The molecule has 5 rings (SSSR count). The molecule has 0 unspecified atom stereocenters. The second kappa shape index (κ2) is 10.7. The Labute approximate surface area is 214 Å². The normalized spacial score (nSPS) is 17.4. The Morgan fingerprint density at radius 2 is 2.00 bits per heavy atom. The van der Waals surface area contributed by atoms with Crippen LogP contribution >= 0.6 is 11.6 Å². The second-order valence-electron chi connectivity index (χ2n) is 9.25. The summed E-state index contributed by atoms with van der Waals surface area (Å²) in [6, 6.07) is 18.7. The van der Waals surface area contributed by atoms with Crippen molar-refractivity contribution in [1.82, 2.24) is 5.32 Å². The zero-order chi connectivity index (χ0) is 25.1. The maximum Gasteiger partial charge on any atom is 0.223 e. The van der Waals surface area contributed by atoms with Crippen molar-refractivity contribution in [3.8, 4) is 16.9 Å². The van der Waals surface area contributed by atoms with E-state index in [4.69, 9.17) is 26.5 Å². The molecule has 186 valence electrons. The third-order valence-electron chi connectivity index (χ3n) is 6.94. The van der Waals surface area contributed by atoms with Gasteiger partial charge in [0.05, 0.1) is 17.9 Å². The first-order valence-corrected chi connectivity index (χ1v) is 12.6. The number of hydrogen-bond acceptors (Lipinski definition) is 4. The first kappa shape index (κ1) is 24.3. The molecule has 5 nitrogen and oxygen atoms in total. The molecular weight excluding hydrogens is 479 g/mol. The lowest BCUT2D eigenvalue weighted by Gasteiger charge is -2.20. The molecule has 7 heteroatoms. The van der Waals surface area contributed by atoms with Crippen LogP contribution in [0.4, 0.5) is 4.39 Å². The van der Waals surface area contributed by atoms with E-state index in [1.54, 1.807) is 18.4 Å². The fraction of sp³-hybridized carbons (Fsp3) is 0.276. The highest BCUT2D eigenvalue weighted by Crippen LogP contribution is 2.36. The number of ether oxygens (including phenoxy) is 1. The Balaban J connectivity index is 1.28. The maximum absolute atomic E-state index is 14.2. The van der Waals surface area contributed by atoms with Crippen LogP contribution in [0, 0.1) is 17.7 Å². The van der Waals surface area contributed by atoms with Crippen LogP contribution in [0.2, 0.25) is 5.02 Å². The minimum Gasteiger partial charge on any atom is -0.493 e. The van der Waals surface area contributed by atoms with E-state index in [1.165, 1.54) is 6.07 Å². The molecule has 1 aliphatic rings. The summed E-state index contributed by atoms with van der Waals surface area (Å²) in [5.41, 5.74) is 9.99. The number of nitrogens with two attached hydrogens (primary N) is 1. The molecule has 3 N–H and O–H groups in total. The van der Waals surface area contributed by atoms with Crippen LogP contribution in [-0.4, -0.2) is 12.5 Å². The van der Waals surface area contributed by atoms with E-state index in [9.17, 15) is 9.18 Å². The van der Waals surface area contributed by atoms with E-state index >= 15 is 0 Å². The number of furan rings is 1. The van der Waals surface area contributed by atoms with Crippen molar-refractivity contribution in [3.63, 3.8) is 0 Å². The molecule has 1 aliphatic carbocycles. The number of rotatable bonds is 8.